The molecule has 0 aliphatic heterocycles. The Morgan fingerprint density at radius 1 is 1.13 bits per heavy atom. The molecule has 1 aromatic rings. The quantitative estimate of drug-likeness (QED) is 0.719. The van der Waals surface area contributed by atoms with Crippen LogP contribution in [0.1, 0.15) is 44.1 Å². The number of benzene rings is 1. The molecule has 23 heavy (non-hydrogen) atoms. The van der Waals surface area contributed by atoms with E-state index in [1.807, 2.05) is 24.3 Å². The minimum atomic E-state index is -0.00468. The van der Waals surface area contributed by atoms with Gasteiger partial charge in [0.15, 0.2) is 0 Å². The van der Waals surface area contributed by atoms with Gasteiger partial charge in [0.05, 0.1) is 26.2 Å². The Balaban J connectivity index is 1.33. The van der Waals surface area contributed by atoms with Crippen LogP contribution in [0.3, 0.4) is 0 Å². The lowest BCUT2D eigenvalue weighted by molar-refractivity contribution is -0.152. The van der Waals surface area contributed by atoms with Crippen LogP contribution >= 0.6 is 0 Å². The van der Waals surface area contributed by atoms with Crippen molar-refractivity contribution in [3.63, 3.8) is 0 Å². The molecule has 0 heterocycles. The molecule has 2 saturated carbocycles. The summed E-state index contributed by atoms with van der Waals surface area (Å²) >= 11 is 0. The topological polar surface area (TPSA) is 44.8 Å². The van der Waals surface area contributed by atoms with Gasteiger partial charge in [0.25, 0.3) is 0 Å². The zero-order valence-corrected chi connectivity index (χ0v) is 13.8. The highest BCUT2D eigenvalue weighted by atomic mass is 16.5. The molecule has 4 nitrogen and oxygen atoms in total. The predicted molar refractivity (Wildman–Crippen MR) is 87.2 cm³/mol. The molecular weight excluding hydrogens is 292 g/mol. The molecule has 2 aliphatic carbocycles. The van der Waals surface area contributed by atoms with E-state index in [1.165, 1.54) is 19.3 Å². The third kappa shape index (κ3) is 4.71. The smallest absolute Gasteiger partial charge is 0.309 e. The fourth-order valence-corrected chi connectivity index (χ4v) is 3.21. The highest BCUT2D eigenvalue weighted by Crippen LogP contribution is 2.40. The second-order valence-electron chi connectivity index (χ2n) is 6.66. The summed E-state index contributed by atoms with van der Waals surface area (Å²) in [6.45, 7) is 1.21. The first-order valence-corrected chi connectivity index (χ1v) is 8.67. The number of rotatable bonds is 7. The maximum Gasteiger partial charge on any atom is 0.309 e. The van der Waals surface area contributed by atoms with E-state index in [2.05, 4.69) is 0 Å². The molecule has 3 rings (SSSR count). The molecule has 0 N–H and O–H groups in total. The maximum atomic E-state index is 12.1. The van der Waals surface area contributed by atoms with Gasteiger partial charge in [-0.05, 0) is 55.7 Å². The summed E-state index contributed by atoms with van der Waals surface area (Å²) in [6.07, 6.45) is 6.81. The number of esters is 1. The molecule has 0 spiro atoms. The lowest BCUT2D eigenvalue weighted by atomic mass is 9.98. The largest absolute Gasteiger partial charge is 0.497 e. The van der Waals surface area contributed by atoms with Crippen LogP contribution in [0, 0.1) is 11.8 Å². The summed E-state index contributed by atoms with van der Waals surface area (Å²) in [5, 5.41) is 0. The third-order valence-corrected chi connectivity index (χ3v) is 4.82. The average molecular weight is 318 g/mol. The Hall–Kier alpha value is -1.55. The fourth-order valence-electron chi connectivity index (χ4n) is 3.21. The zero-order valence-electron chi connectivity index (χ0n) is 13.8. The van der Waals surface area contributed by atoms with Crippen molar-refractivity contribution in [1.29, 1.82) is 0 Å². The lowest BCUT2D eigenvalue weighted by Gasteiger charge is -2.21. The fraction of sp³-hybridized carbons (Fsp3) is 0.632. The van der Waals surface area contributed by atoms with Crippen molar-refractivity contribution >= 4 is 5.97 Å². The van der Waals surface area contributed by atoms with Gasteiger partial charge >= 0.3 is 5.97 Å². The number of methoxy groups -OCH3 is 1. The van der Waals surface area contributed by atoms with E-state index in [9.17, 15) is 4.79 Å². The molecule has 126 valence electrons. The molecule has 0 radical (unpaired) electrons. The van der Waals surface area contributed by atoms with Gasteiger partial charge in [-0.2, -0.15) is 0 Å². The summed E-state index contributed by atoms with van der Waals surface area (Å²) in [5.74, 6) is 1.24. The molecule has 0 bridgehead atoms. The van der Waals surface area contributed by atoms with Gasteiger partial charge in [0.2, 0.25) is 0 Å². The first kappa shape index (κ1) is 16.3. The van der Waals surface area contributed by atoms with Crippen LogP contribution in [0.5, 0.6) is 5.75 Å². The van der Waals surface area contributed by atoms with Crippen LogP contribution in [0.15, 0.2) is 24.3 Å². The van der Waals surface area contributed by atoms with Crippen molar-refractivity contribution in [3.8, 4) is 5.75 Å². The first-order chi connectivity index (χ1) is 11.3. The Kier molecular flexibility index (Phi) is 5.55. The Bertz CT molecular complexity index is 505. The van der Waals surface area contributed by atoms with Crippen LogP contribution in [0.2, 0.25) is 0 Å². The van der Waals surface area contributed by atoms with E-state index in [0.717, 1.165) is 30.6 Å². The first-order valence-electron chi connectivity index (χ1n) is 8.67. The van der Waals surface area contributed by atoms with Crippen LogP contribution in [0.25, 0.3) is 0 Å². The molecule has 2 fully saturated rings. The highest BCUT2D eigenvalue weighted by molar-refractivity contribution is 5.75. The maximum absolute atomic E-state index is 12.1. The number of hydrogen-bond acceptors (Lipinski definition) is 4. The molecule has 4 heteroatoms. The van der Waals surface area contributed by atoms with Gasteiger partial charge in [-0.15, -0.1) is 0 Å². The van der Waals surface area contributed by atoms with Crippen molar-refractivity contribution in [3.05, 3.63) is 29.8 Å². The van der Waals surface area contributed by atoms with Gasteiger partial charge in [0, 0.05) is 0 Å². The zero-order chi connectivity index (χ0) is 16.1. The van der Waals surface area contributed by atoms with Crippen LogP contribution in [-0.2, 0) is 20.9 Å². The van der Waals surface area contributed by atoms with E-state index in [0.29, 0.717) is 19.1 Å². The lowest BCUT2D eigenvalue weighted by Crippen LogP contribution is -2.22. The molecule has 0 saturated heterocycles. The SMILES string of the molecule is COc1ccc(COCC2CC2C(=O)OC2CCCCC2)cc1. The summed E-state index contributed by atoms with van der Waals surface area (Å²) in [5.41, 5.74) is 1.12. The highest BCUT2D eigenvalue weighted by Gasteiger charge is 2.45. The van der Waals surface area contributed by atoms with Gasteiger partial charge in [-0.1, -0.05) is 18.6 Å². The van der Waals surface area contributed by atoms with Gasteiger partial charge in [0.1, 0.15) is 11.9 Å². The third-order valence-electron chi connectivity index (χ3n) is 4.82. The number of carbonyl (C=O) groups excluding carboxylic acids is 1. The minimum absolute atomic E-state index is 0.00468. The average Bonchev–Trinajstić information content (AvgIpc) is 3.36. The van der Waals surface area contributed by atoms with E-state index in [-0.39, 0.29) is 18.0 Å². The van der Waals surface area contributed by atoms with Crippen molar-refractivity contribution < 1.29 is 19.0 Å². The van der Waals surface area contributed by atoms with Crippen LogP contribution < -0.4 is 4.74 Å². The summed E-state index contributed by atoms with van der Waals surface area (Å²) in [6, 6.07) is 7.86. The summed E-state index contributed by atoms with van der Waals surface area (Å²) in [7, 11) is 1.66. The normalized spacial score (nSPS) is 24.2. The standard InChI is InChI=1S/C19H26O4/c1-21-16-9-7-14(8-10-16)12-22-13-15-11-18(15)19(20)23-17-5-3-2-4-6-17/h7-10,15,17-18H,2-6,11-13H2,1H3. The van der Waals surface area contributed by atoms with Crippen molar-refractivity contribution in [2.75, 3.05) is 13.7 Å². The van der Waals surface area contributed by atoms with Gasteiger partial charge in [-0.3, -0.25) is 4.79 Å². The molecule has 2 aliphatic rings. The molecule has 2 unspecified atom stereocenters. The summed E-state index contributed by atoms with van der Waals surface area (Å²) < 4.78 is 16.5. The van der Waals surface area contributed by atoms with Crippen molar-refractivity contribution in [1.82, 2.24) is 0 Å². The minimum Gasteiger partial charge on any atom is -0.497 e. The van der Waals surface area contributed by atoms with E-state index >= 15 is 0 Å². The van der Waals surface area contributed by atoms with Gasteiger partial charge < -0.3 is 14.2 Å². The number of carbonyl (C=O) groups is 1. The number of hydrogen-bond donors (Lipinski definition) is 0. The molecule has 0 aromatic heterocycles. The Morgan fingerprint density at radius 3 is 2.57 bits per heavy atom. The molecule has 2 atom stereocenters. The van der Waals surface area contributed by atoms with E-state index in [4.69, 9.17) is 14.2 Å². The predicted octanol–water partition coefficient (Wildman–Crippen LogP) is 3.72. The monoisotopic (exact) mass is 318 g/mol. The van der Waals surface area contributed by atoms with Gasteiger partial charge in [-0.25, -0.2) is 0 Å². The second kappa shape index (κ2) is 7.82. The molecule has 1 aromatic carbocycles. The Morgan fingerprint density at radius 2 is 1.87 bits per heavy atom. The van der Waals surface area contributed by atoms with E-state index in [1.54, 1.807) is 7.11 Å². The van der Waals surface area contributed by atoms with Crippen LogP contribution in [-0.4, -0.2) is 25.8 Å². The second-order valence-corrected chi connectivity index (χ2v) is 6.66. The van der Waals surface area contributed by atoms with E-state index < -0.39 is 0 Å². The summed E-state index contributed by atoms with van der Waals surface area (Å²) in [4.78, 5) is 12.1. The van der Waals surface area contributed by atoms with Crippen LogP contribution in [0.4, 0.5) is 0 Å². The number of ether oxygens (including phenoxy) is 3. The van der Waals surface area contributed by atoms with Crippen molar-refractivity contribution in [2.45, 2.75) is 51.2 Å². The van der Waals surface area contributed by atoms with Crippen molar-refractivity contribution in [2.24, 2.45) is 11.8 Å². The molecular formula is C19H26O4. The molecule has 0 amide bonds. The Labute approximate surface area is 138 Å².